The van der Waals surface area contributed by atoms with Gasteiger partial charge in [0.1, 0.15) is 0 Å². The lowest BCUT2D eigenvalue weighted by Crippen LogP contribution is -2.20. The van der Waals surface area contributed by atoms with Crippen molar-refractivity contribution in [2.24, 2.45) is 5.92 Å². The molecule has 1 aromatic rings. The summed E-state index contributed by atoms with van der Waals surface area (Å²) >= 11 is 3.45. The highest BCUT2D eigenvalue weighted by molar-refractivity contribution is 9.10. The van der Waals surface area contributed by atoms with Gasteiger partial charge in [-0.05, 0) is 42.4 Å². The van der Waals surface area contributed by atoms with Crippen LogP contribution in [-0.2, 0) is 0 Å². The first-order valence-corrected chi connectivity index (χ1v) is 5.32. The molecule has 0 aromatic heterocycles. The Morgan fingerprint density at radius 2 is 1.83 bits per heavy atom. The summed E-state index contributed by atoms with van der Waals surface area (Å²) in [5.74, 6) is 1.73. The quantitative estimate of drug-likeness (QED) is 0.678. The van der Waals surface area contributed by atoms with Crippen LogP contribution in [0.4, 0.5) is 0 Å². The molecule has 1 fully saturated rings. The largest absolute Gasteiger partial charge is 0.0619 e. The zero-order chi connectivity index (χ0) is 8.55. The Kier molecular flexibility index (Phi) is 2.22. The number of hydrogen-bond acceptors (Lipinski definition) is 0. The fourth-order valence-electron chi connectivity index (χ4n) is 1.87. The minimum atomic E-state index is 0.832. The van der Waals surface area contributed by atoms with Crippen molar-refractivity contribution < 1.29 is 0 Å². The smallest absolute Gasteiger partial charge is 0.0175 e. The average Bonchev–Trinajstić information content (AvgIpc) is 2.06. The third-order valence-corrected chi connectivity index (χ3v) is 3.45. The van der Waals surface area contributed by atoms with Crippen molar-refractivity contribution in [1.29, 1.82) is 0 Å². The van der Waals surface area contributed by atoms with E-state index in [1.807, 2.05) is 0 Å². The minimum Gasteiger partial charge on any atom is -0.0619 e. The van der Waals surface area contributed by atoms with E-state index in [0.29, 0.717) is 0 Å². The molecule has 1 heteroatoms. The Labute approximate surface area is 82.1 Å². The van der Waals surface area contributed by atoms with Gasteiger partial charge in [-0.15, -0.1) is 0 Å². The molecule has 12 heavy (non-hydrogen) atoms. The van der Waals surface area contributed by atoms with Gasteiger partial charge in [-0.1, -0.05) is 35.0 Å². The molecule has 0 aliphatic heterocycles. The van der Waals surface area contributed by atoms with E-state index in [1.54, 1.807) is 0 Å². The van der Waals surface area contributed by atoms with Crippen molar-refractivity contribution in [2.75, 3.05) is 0 Å². The van der Waals surface area contributed by atoms with Crippen LogP contribution < -0.4 is 0 Å². The molecule has 64 valence electrons. The second-order valence-corrected chi connectivity index (χ2v) is 4.63. The monoisotopic (exact) mass is 224 g/mol. The number of benzene rings is 1. The lowest BCUT2D eigenvalue weighted by molar-refractivity contribution is 0.280. The van der Waals surface area contributed by atoms with E-state index in [2.05, 4.69) is 47.1 Å². The van der Waals surface area contributed by atoms with Crippen molar-refractivity contribution in [2.45, 2.75) is 25.7 Å². The number of halogens is 1. The maximum Gasteiger partial charge on any atom is 0.0175 e. The maximum atomic E-state index is 3.45. The Balaban J connectivity index is 2.18. The summed E-state index contributed by atoms with van der Waals surface area (Å²) in [6.45, 7) is 2.34. The molecule has 2 unspecified atom stereocenters. The van der Waals surface area contributed by atoms with Gasteiger partial charge in [0.2, 0.25) is 0 Å². The first kappa shape index (κ1) is 8.31. The fourth-order valence-corrected chi connectivity index (χ4v) is 2.14. The Morgan fingerprint density at radius 3 is 2.25 bits per heavy atom. The van der Waals surface area contributed by atoms with Gasteiger partial charge in [0.15, 0.2) is 0 Å². The van der Waals surface area contributed by atoms with Crippen LogP contribution in [-0.4, -0.2) is 0 Å². The summed E-state index contributed by atoms with van der Waals surface area (Å²) in [6, 6.07) is 8.76. The summed E-state index contributed by atoms with van der Waals surface area (Å²) < 4.78 is 1.18. The van der Waals surface area contributed by atoms with Crippen molar-refractivity contribution in [3.8, 4) is 0 Å². The van der Waals surface area contributed by atoms with E-state index >= 15 is 0 Å². The average molecular weight is 225 g/mol. The molecule has 0 radical (unpaired) electrons. The van der Waals surface area contributed by atoms with Gasteiger partial charge >= 0.3 is 0 Å². The summed E-state index contributed by atoms with van der Waals surface area (Å²) in [7, 11) is 0. The molecule has 2 rings (SSSR count). The Bertz CT molecular complexity index is 263. The van der Waals surface area contributed by atoms with Crippen molar-refractivity contribution >= 4 is 15.9 Å². The van der Waals surface area contributed by atoms with E-state index in [4.69, 9.17) is 0 Å². The zero-order valence-electron chi connectivity index (χ0n) is 7.26. The molecule has 0 saturated heterocycles. The minimum absolute atomic E-state index is 0.832. The normalized spacial score (nSPS) is 28.2. The SMILES string of the molecule is CC1CCC1c1ccc(Br)cc1. The highest BCUT2D eigenvalue weighted by Gasteiger charge is 2.27. The fraction of sp³-hybridized carbons (Fsp3) is 0.455. The van der Waals surface area contributed by atoms with E-state index in [9.17, 15) is 0 Å². The third kappa shape index (κ3) is 1.42. The lowest BCUT2D eigenvalue weighted by atomic mass is 9.71. The molecule has 0 bridgehead atoms. The summed E-state index contributed by atoms with van der Waals surface area (Å²) in [4.78, 5) is 0. The van der Waals surface area contributed by atoms with Gasteiger partial charge in [0, 0.05) is 4.47 Å². The molecular formula is C11H13Br. The van der Waals surface area contributed by atoms with Gasteiger partial charge < -0.3 is 0 Å². The van der Waals surface area contributed by atoms with Crippen molar-refractivity contribution in [3.63, 3.8) is 0 Å². The second kappa shape index (κ2) is 3.21. The van der Waals surface area contributed by atoms with Crippen LogP contribution in [0.3, 0.4) is 0 Å². The second-order valence-electron chi connectivity index (χ2n) is 3.71. The molecule has 1 saturated carbocycles. The molecule has 0 nitrogen and oxygen atoms in total. The number of hydrogen-bond donors (Lipinski definition) is 0. The maximum absolute atomic E-state index is 3.45. The predicted molar refractivity (Wildman–Crippen MR) is 55.3 cm³/mol. The lowest BCUT2D eigenvalue weighted by Gasteiger charge is -2.34. The molecule has 0 spiro atoms. The van der Waals surface area contributed by atoms with Gasteiger partial charge in [-0.3, -0.25) is 0 Å². The standard InChI is InChI=1S/C11H13Br/c1-8-2-7-11(8)9-3-5-10(12)6-4-9/h3-6,8,11H,2,7H2,1H3. The highest BCUT2D eigenvalue weighted by Crippen LogP contribution is 2.42. The van der Waals surface area contributed by atoms with Crippen molar-refractivity contribution in [3.05, 3.63) is 34.3 Å². The summed E-state index contributed by atoms with van der Waals surface area (Å²) in [5, 5.41) is 0. The van der Waals surface area contributed by atoms with Crippen LogP contribution in [0.5, 0.6) is 0 Å². The third-order valence-electron chi connectivity index (χ3n) is 2.92. The topological polar surface area (TPSA) is 0 Å². The molecule has 0 N–H and O–H groups in total. The van der Waals surface area contributed by atoms with Crippen LogP contribution in [0.25, 0.3) is 0 Å². The zero-order valence-corrected chi connectivity index (χ0v) is 8.84. The van der Waals surface area contributed by atoms with Crippen LogP contribution in [0.2, 0.25) is 0 Å². The molecule has 0 heterocycles. The van der Waals surface area contributed by atoms with Gasteiger partial charge in [-0.25, -0.2) is 0 Å². The van der Waals surface area contributed by atoms with Crippen LogP contribution in [0.1, 0.15) is 31.2 Å². The predicted octanol–water partition coefficient (Wildman–Crippen LogP) is 3.96. The van der Waals surface area contributed by atoms with E-state index in [0.717, 1.165) is 11.8 Å². The van der Waals surface area contributed by atoms with Crippen LogP contribution >= 0.6 is 15.9 Å². The molecule has 1 aliphatic carbocycles. The van der Waals surface area contributed by atoms with Gasteiger partial charge in [0.25, 0.3) is 0 Å². The van der Waals surface area contributed by atoms with Crippen LogP contribution in [0, 0.1) is 5.92 Å². The van der Waals surface area contributed by atoms with E-state index in [1.165, 1.54) is 22.9 Å². The molecule has 1 aliphatic rings. The Morgan fingerprint density at radius 1 is 1.17 bits per heavy atom. The molecule has 0 amide bonds. The first-order chi connectivity index (χ1) is 5.77. The van der Waals surface area contributed by atoms with Gasteiger partial charge in [-0.2, -0.15) is 0 Å². The summed E-state index contributed by atoms with van der Waals surface area (Å²) in [6.07, 6.45) is 2.78. The number of rotatable bonds is 1. The molecule has 2 atom stereocenters. The highest BCUT2D eigenvalue weighted by atomic mass is 79.9. The van der Waals surface area contributed by atoms with Gasteiger partial charge in [0.05, 0.1) is 0 Å². The molecule has 1 aromatic carbocycles. The van der Waals surface area contributed by atoms with Crippen LogP contribution in [0.15, 0.2) is 28.7 Å². The Hall–Kier alpha value is -0.300. The van der Waals surface area contributed by atoms with E-state index < -0.39 is 0 Å². The first-order valence-electron chi connectivity index (χ1n) is 4.53. The van der Waals surface area contributed by atoms with E-state index in [-0.39, 0.29) is 0 Å². The molecular weight excluding hydrogens is 212 g/mol. The van der Waals surface area contributed by atoms with Crippen molar-refractivity contribution in [1.82, 2.24) is 0 Å². The summed E-state index contributed by atoms with van der Waals surface area (Å²) in [5.41, 5.74) is 1.51.